The number of fused-ring (bicyclic) bond motifs is 1. The molecule has 31 heavy (non-hydrogen) atoms. The predicted octanol–water partition coefficient (Wildman–Crippen LogP) is 5.96. The molecule has 0 saturated carbocycles. The number of allylic oxidation sites excluding steroid dienone is 1. The molecular formula is C25H18N2O3S. The van der Waals surface area contributed by atoms with E-state index in [1.165, 1.54) is 30.8 Å². The molecule has 0 aliphatic heterocycles. The fourth-order valence-corrected chi connectivity index (χ4v) is 3.99. The van der Waals surface area contributed by atoms with Gasteiger partial charge in [-0.2, -0.15) is 5.26 Å². The van der Waals surface area contributed by atoms with E-state index in [0.717, 1.165) is 22.2 Å². The van der Waals surface area contributed by atoms with Crippen LogP contribution in [0.15, 0.2) is 66.0 Å². The third-order valence-corrected chi connectivity index (χ3v) is 5.53. The quantitative estimate of drug-likeness (QED) is 0.224. The molecule has 0 saturated heterocycles. The molecule has 4 aromatic rings. The van der Waals surface area contributed by atoms with E-state index < -0.39 is 5.97 Å². The van der Waals surface area contributed by atoms with Gasteiger partial charge in [0.15, 0.2) is 11.5 Å². The Bertz CT molecular complexity index is 1350. The maximum atomic E-state index is 11.2. The summed E-state index contributed by atoms with van der Waals surface area (Å²) >= 11 is 1.42. The van der Waals surface area contributed by atoms with Gasteiger partial charge >= 0.3 is 5.97 Å². The summed E-state index contributed by atoms with van der Waals surface area (Å²) in [7, 11) is 1.50. The van der Waals surface area contributed by atoms with E-state index in [1.54, 1.807) is 24.3 Å². The number of carbonyl (C=O) groups excluding carboxylic acids is 1. The molecule has 1 aromatic heterocycles. The molecule has 0 radical (unpaired) electrons. The Kier molecular flexibility index (Phi) is 5.78. The molecule has 0 amide bonds. The number of hydrogen-bond donors (Lipinski definition) is 0. The minimum absolute atomic E-state index is 0.332. The lowest BCUT2D eigenvalue weighted by Crippen LogP contribution is -2.03. The Balaban J connectivity index is 1.65. The number of thiazole rings is 1. The Morgan fingerprint density at radius 1 is 1.06 bits per heavy atom. The summed E-state index contributed by atoms with van der Waals surface area (Å²) in [5.41, 5.74) is 3.02. The van der Waals surface area contributed by atoms with Gasteiger partial charge in [0.25, 0.3) is 0 Å². The van der Waals surface area contributed by atoms with Crippen LogP contribution in [0.1, 0.15) is 17.5 Å². The van der Waals surface area contributed by atoms with Gasteiger partial charge in [0.05, 0.1) is 18.4 Å². The lowest BCUT2D eigenvalue weighted by Gasteiger charge is -2.08. The highest BCUT2D eigenvalue weighted by molar-refractivity contribution is 7.11. The Morgan fingerprint density at radius 2 is 1.87 bits per heavy atom. The molecule has 0 fully saturated rings. The van der Waals surface area contributed by atoms with Crippen LogP contribution in [0, 0.1) is 11.3 Å². The maximum absolute atomic E-state index is 11.2. The van der Waals surface area contributed by atoms with Gasteiger partial charge in [-0.3, -0.25) is 4.79 Å². The first-order valence-electron chi connectivity index (χ1n) is 9.50. The molecule has 0 bridgehead atoms. The van der Waals surface area contributed by atoms with E-state index in [9.17, 15) is 10.1 Å². The average Bonchev–Trinajstić information content (AvgIpc) is 3.27. The van der Waals surface area contributed by atoms with Gasteiger partial charge in [0.1, 0.15) is 11.1 Å². The fraction of sp³-hybridized carbons (Fsp3) is 0.0800. The van der Waals surface area contributed by atoms with Crippen molar-refractivity contribution in [3.63, 3.8) is 0 Å². The smallest absolute Gasteiger partial charge is 0.308 e. The first kappa shape index (κ1) is 20.3. The van der Waals surface area contributed by atoms with Crippen molar-refractivity contribution in [1.82, 2.24) is 4.98 Å². The molecule has 0 spiro atoms. The lowest BCUT2D eigenvalue weighted by atomic mass is 10.1. The zero-order valence-electron chi connectivity index (χ0n) is 17.0. The summed E-state index contributed by atoms with van der Waals surface area (Å²) in [4.78, 5) is 15.9. The van der Waals surface area contributed by atoms with Gasteiger partial charge in [0, 0.05) is 17.9 Å². The summed E-state index contributed by atoms with van der Waals surface area (Å²) in [6.45, 7) is 1.33. The van der Waals surface area contributed by atoms with Crippen LogP contribution in [0.25, 0.3) is 33.7 Å². The summed E-state index contributed by atoms with van der Waals surface area (Å²) in [6, 6.07) is 21.7. The number of ether oxygens (including phenoxy) is 2. The van der Waals surface area contributed by atoms with E-state index in [2.05, 4.69) is 35.3 Å². The van der Waals surface area contributed by atoms with Crippen LogP contribution >= 0.6 is 11.3 Å². The van der Waals surface area contributed by atoms with Gasteiger partial charge in [-0.1, -0.05) is 42.5 Å². The van der Waals surface area contributed by atoms with Crippen LogP contribution in [0.3, 0.4) is 0 Å². The number of nitrogens with zero attached hydrogens (tertiary/aromatic N) is 2. The predicted molar refractivity (Wildman–Crippen MR) is 123 cm³/mol. The molecule has 0 unspecified atom stereocenters. The van der Waals surface area contributed by atoms with Crippen LogP contribution in [0.4, 0.5) is 0 Å². The van der Waals surface area contributed by atoms with E-state index in [1.807, 2.05) is 23.6 Å². The normalized spacial score (nSPS) is 11.2. The number of aromatic nitrogens is 1. The van der Waals surface area contributed by atoms with Crippen molar-refractivity contribution in [1.29, 1.82) is 5.26 Å². The van der Waals surface area contributed by atoms with Gasteiger partial charge in [-0.15, -0.1) is 11.3 Å². The number of esters is 1. The monoisotopic (exact) mass is 426 g/mol. The largest absolute Gasteiger partial charge is 0.493 e. The zero-order chi connectivity index (χ0) is 21.8. The second kappa shape index (κ2) is 8.82. The molecule has 4 rings (SSSR count). The lowest BCUT2D eigenvalue weighted by molar-refractivity contribution is -0.132. The van der Waals surface area contributed by atoms with E-state index in [0.29, 0.717) is 22.1 Å². The third kappa shape index (κ3) is 4.47. The SMILES string of the molecule is COc1cc(/C=C(\C#N)c2nc(-c3ccc4ccccc4c3)cs2)ccc1OC(C)=O. The van der Waals surface area contributed by atoms with Crippen molar-refractivity contribution >= 4 is 39.7 Å². The first-order chi connectivity index (χ1) is 15.1. The number of benzene rings is 3. The third-order valence-electron chi connectivity index (χ3n) is 4.65. The van der Waals surface area contributed by atoms with Crippen molar-refractivity contribution in [2.24, 2.45) is 0 Å². The van der Waals surface area contributed by atoms with Crippen LogP contribution in [0.2, 0.25) is 0 Å². The minimum atomic E-state index is -0.427. The topological polar surface area (TPSA) is 72.2 Å². The van der Waals surface area contributed by atoms with Gasteiger partial charge < -0.3 is 9.47 Å². The summed E-state index contributed by atoms with van der Waals surface area (Å²) in [5.74, 6) is 0.319. The number of carbonyl (C=O) groups is 1. The highest BCUT2D eigenvalue weighted by atomic mass is 32.1. The molecular weight excluding hydrogens is 408 g/mol. The molecule has 0 aliphatic carbocycles. The van der Waals surface area contributed by atoms with Gasteiger partial charge in [-0.05, 0) is 40.6 Å². The summed E-state index contributed by atoms with van der Waals surface area (Å²) in [6.07, 6.45) is 1.74. The van der Waals surface area contributed by atoms with E-state index in [4.69, 9.17) is 9.47 Å². The zero-order valence-corrected chi connectivity index (χ0v) is 17.8. The van der Waals surface area contributed by atoms with Gasteiger partial charge in [-0.25, -0.2) is 4.98 Å². The second-order valence-electron chi connectivity index (χ2n) is 6.77. The Labute approximate surface area is 183 Å². The highest BCUT2D eigenvalue weighted by Crippen LogP contribution is 2.32. The molecule has 6 heteroatoms. The number of methoxy groups -OCH3 is 1. The fourth-order valence-electron chi connectivity index (χ4n) is 3.20. The summed E-state index contributed by atoms with van der Waals surface area (Å²) in [5, 5.41) is 14.6. The molecule has 1 heterocycles. The van der Waals surface area contributed by atoms with Crippen molar-refractivity contribution in [2.75, 3.05) is 7.11 Å². The average molecular weight is 426 g/mol. The molecule has 152 valence electrons. The molecule has 0 aliphatic rings. The van der Waals surface area contributed by atoms with Crippen molar-refractivity contribution < 1.29 is 14.3 Å². The van der Waals surface area contributed by atoms with E-state index in [-0.39, 0.29) is 0 Å². The number of nitriles is 1. The number of hydrogen-bond acceptors (Lipinski definition) is 6. The molecule has 0 atom stereocenters. The van der Waals surface area contributed by atoms with E-state index >= 15 is 0 Å². The van der Waals surface area contributed by atoms with Crippen LogP contribution in [-0.4, -0.2) is 18.1 Å². The Hall–Kier alpha value is -3.95. The molecule has 3 aromatic carbocycles. The van der Waals surface area contributed by atoms with Crippen molar-refractivity contribution in [3.8, 4) is 28.8 Å². The number of rotatable bonds is 5. The first-order valence-corrected chi connectivity index (χ1v) is 10.4. The van der Waals surface area contributed by atoms with Crippen LogP contribution in [-0.2, 0) is 4.79 Å². The Morgan fingerprint density at radius 3 is 2.61 bits per heavy atom. The minimum Gasteiger partial charge on any atom is -0.493 e. The standard InChI is InChI=1S/C25H18N2O3S/c1-16(28)30-23-10-7-17(12-24(23)29-2)11-21(14-26)25-27-22(15-31-25)20-9-8-18-5-3-4-6-19(18)13-20/h3-13,15H,1-2H3/b21-11+. The molecule has 5 nitrogen and oxygen atoms in total. The molecule has 0 N–H and O–H groups in total. The second-order valence-corrected chi connectivity index (χ2v) is 7.63. The maximum Gasteiger partial charge on any atom is 0.308 e. The van der Waals surface area contributed by atoms with Crippen LogP contribution in [0.5, 0.6) is 11.5 Å². The van der Waals surface area contributed by atoms with Crippen molar-refractivity contribution in [3.05, 3.63) is 76.6 Å². The summed E-state index contributed by atoms with van der Waals surface area (Å²) < 4.78 is 10.4. The highest BCUT2D eigenvalue weighted by Gasteiger charge is 2.12. The van der Waals surface area contributed by atoms with Crippen molar-refractivity contribution in [2.45, 2.75) is 6.92 Å². The van der Waals surface area contributed by atoms with Gasteiger partial charge in [0.2, 0.25) is 0 Å². The van der Waals surface area contributed by atoms with Crippen LogP contribution < -0.4 is 9.47 Å².